The van der Waals surface area contributed by atoms with Gasteiger partial charge in [-0.15, -0.1) is 0 Å². The maximum absolute atomic E-state index is 13.2. The lowest BCUT2D eigenvalue weighted by atomic mass is 10.2. The van der Waals surface area contributed by atoms with Crippen molar-refractivity contribution in [1.82, 2.24) is 4.57 Å². The maximum atomic E-state index is 13.2. The minimum Gasteiger partial charge on any atom is -0.465 e. The first-order valence-corrected chi connectivity index (χ1v) is 11.1. The van der Waals surface area contributed by atoms with Crippen LogP contribution in [0.2, 0.25) is 5.02 Å². The number of carbonyl (C=O) groups is 2. The van der Waals surface area contributed by atoms with E-state index in [1.807, 2.05) is 0 Å². The van der Waals surface area contributed by atoms with E-state index >= 15 is 0 Å². The number of rotatable bonds is 5. The van der Waals surface area contributed by atoms with Gasteiger partial charge in [0.15, 0.2) is 0 Å². The van der Waals surface area contributed by atoms with E-state index < -0.39 is 45.2 Å². The summed E-state index contributed by atoms with van der Waals surface area (Å²) >= 11 is 5.61. The Labute approximate surface area is 186 Å². The van der Waals surface area contributed by atoms with Gasteiger partial charge in [0.05, 0.1) is 40.7 Å². The average molecular weight is 489 g/mol. The van der Waals surface area contributed by atoms with Crippen molar-refractivity contribution in [2.75, 3.05) is 24.2 Å². The third-order valence-electron chi connectivity index (χ3n) is 4.61. The molecule has 0 aliphatic heterocycles. The number of halogens is 4. The van der Waals surface area contributed by atoms with Crippen LogP contribution >= 0.6 is 11.6 Å². The van der Waals surface area contributed by atoms with E-state index in [9.17, 15) is 31.2 Å². The molecule has 0 fully saturated rings. The predicted molar refractivity (Wildman–Crippen MR) is 113 cm³/mol. The fraction of sp³-hybridized carbons (Fsp3) is 0.200. The molecule has 1 aromatic heterocycles. The molecule has 7 nitrogen and oxygen atoms in total. The van der Waals surface area contributed by atoms with Gasteiger partial charge in [0.1, 0.15) is 6.54 Å². The highest BCUT2D eigenvalue weighted by Crippen LogP contribution is 2.37. The topological polar surface area (TPSA) is 85.7 Å². The van der Waals surface area contributed by atoms with Crippen molar-refractivity contribution in [3.8, 4) is 0 Å². The predicted octanol–water partition coefficient (Wildman–Crippen LogP) is 4.21. The van der Waals surface area contributed by atoms with Gasteiger partial charge in [0, 0.05) is 11.6 Å². The van der Waals surface area contributed by atoms with Gasteiger partial charge < -0.3 is 4.74 Å². The number of hydrogen-bond donors (Lipinski definition) is 0. The van der Waals surface area contributed by atoms with E-state index in [4.69, 9.17) is 16.3 Å². The van der Waals surface area contributed by atoms with Crippen LogP contribution in [0.5, 0.6) is 0 Å². The van der Waals surface area contributed by atoms with Crippen molar-refractivity contribution < 1.29 is 35.9 Å². The normalized spacial score (nSPS) is 12.1. The molecule has 1 heterocycles. The number of para-hydroxylation sites is 1. The Bertz CT molecular complexity index is 1320. The summed E-state index contributed by atoms with van der Waals surface area (Å²) in [7, 11) is -3.00. The molecular formula is C20H16ClF3N2O5S. The lowest BCUT2D eigenvalue weighted by Gasteiger charge is -2.23. The fourth-order valence-electron chi connectivity index (χ4n) is 3.14. The van der Waals surface area contributed by atoms with Gasteiger partial charge in [-0.1, -0.05) is 29.8 Å². The Morgan fingerprint density at radius 3 is 2.41 bits per heavy atom. The van der Waals surface area contributed by atoms with Crippen molar-refractivity contribution in [3.05, 3.63) is 64.8 Å². The third kappa shape index (κ3) is 4.58. The summed E-state index contributed by atoms with van der Waals surface area (Å²) in [6, 6.07) is 8.89. The highest BCUT2D eigenvalue weighted by Gasteiger charge is 2.35. The molecule has 0 bridgehead atoms. The van der Waals surface area contributed by atoms with Crippen molar-refractivity contribution in [1.29, 1.82) is 0 Å². The molecule has 0 amide bonds. The lowest BCUT2D eigenvalue weighted by molar-refractivity contribution is -0.137. The molecule has 0 atom stereocenters. The van der Waals surface area contributed by atoms with Crippen LogP contribution in [0.25, 0.3) is 10.9 Å². The van der Waals surface area contributed by atoms with Crippen LogP contribution in [0, 0.1) is 0 Å². The molecule has 0 spiro atoms. The van der Waals surface area contributed by atoms with Crippen LogP contribution in [-0.4, -0.2) is 44.8 Å². The Hall–Kier alpha value is -3.05. The first-order chi connectivity index (χ1) is 14.8. The van der Waals surface area contributed by atoms with Gasteiger partial charge in [-0.2, -0.15) is 13.2 Å². The van der Waals surface area contributed by atoms with E-state index in [2.05, 4.69) is 0 Å². The van der Waals surface area contributed by atoms with Crippen molar-refractivity contribution in [3.63, 3.8) is 0 Å². The Balaban J connectivity index is 2.08. The summed E-state index contributed by atoms with van der Waals surface area (Å²) in [6.45, 7) is -0.822. The number of hydrogen-bond acceptors (Lipinski definition) is 5. The fourth-order valence-corrected chi connectivity index (χ4v) is 4.21. The standard InChI is InChI=1S/C20H16ClF3N2O5S/c1-31-19(28)14-10-25(17-6-4-3-5-13(14)17)18(27)11-26(32(2,29)30)12-7-8-16(21)15(9-12)20(22,23)24/h3-10H,11H2,1-2H3. The average Bonchev–Trinajstić information content (AvgIpc) is 3.10. The van der Waals surface area contributed by atoms with Crippen molar-refractivity contribution in [2.24, 2.45) is 0 Å². The number of sulfonamides is 1. The molecule has 32 heavy (non-hydrogen) atoms. The zero-order valence-corrected chi connectivity index (χ0v) is 18.3. The molecule has 170 valence electrons. The second kappa shape index (κ2) is 8.47. The number of fused-ring (bicyclic) bond motifs is 1. The smallest absolute Gasteiger partial charge is 0.417 e. The van der Waals surface area contributed by atoms with Crippen LogP contribution in [0.15, 0.2) is 48.7 Å². The van der Waals surface area contributed by atoms with Crippen molar-refractivity contribution >= 4 is 50.1 Å². The first kappa shape index (κ1) is 23.6. The summed E-state index contributed by atoms with van der Waals surface area (Å²) in [4.78, 5) is 25.1. The highest BCUT2D eigenvalue weighted by molar-refractivity contribution is 7.92. The van der Waals surface area contributed by atoms with E-state index in [-0.39, 0.29) is 11.3 Å². The second-order valence-electron chi connectivity index (χ2n) is 6.75. The highest BCUT2D eigenvalue weighted by atomic mass is 35.5. The van der Waals surface area contributed by atoms with Gasteiger partial charge in [-0.3, -0.25) is 13.7 Å². The molecule has 3 aromatic rings. The van der Waals surface area contributed by atoms with E-state index in [1.54, 1.807) is 18.2 Å². The molecule has 2 aromatic carbocycles. The maximum Gasteiger partial charge on any atom is 0.417 e. The summed E-state index contributed by atoms with van der Waals surface area (Å²) in [6.07, 6.45) is -2.87. The zero-order valence-electron chi connectivity index (χ0n) is 16.7. The molecule has 12 heteroatoms. The van der Waals surface area contributed by atoms with Crippen LogP contribution in [0.3, 0.4) is 0 Å². The number of carbonyl (C=O) groups excluding carboxylic acids is 2. The van der Waals surface area contributed by atoms with Crippen LogP contribution < -0.4 is 4.31 Å². The largest absolute Gasteiger partial charge is 0.465 e. The van der Waals surface area contributed by atoms with E-state index in [0.717, 1.165) is 23.0 Å². The molecule has 0 saturated heterocycles. The molecule has 0 unspecified atom stereocenters. The quantitative estimate of drug-likeness (QED) is 0.502. The van der Waals surface area contributed by atoms with Gasteiger partial charge in [-0.25, -0.2) is 13.2 Å². The minimum atomic E-state index is -4.83. The summed E-state index contributed by atoms with van der Waals surface area (Å²) < 4.78 is 70.7. The number of aromatic nitrogens is 1. The number of benzene rings is 2. The van der Waals surface area contributed by atoms with Crippen molar-refractivity contribution in [2.45, 2.75) is 6.18 Å². The monoisotopic (exact) mass is 488 g/mol. The molecule has 0 aliphatic rings. The minimum absolute atomic E-state index is 0.0770. The number of alkyl halides is 3. The van der Waals surface area contributed by atoms with E-state index in [0.29, 0.717) is 21.3 Å². The van der Waals surface area contributed by atoms with Crippen LogP contribution in [0.1, 0.15) is 20.7 Å². The second-order valence-corrected chi connectivity index (χ2v) is 9.06. The van der Waals surface area contributed by atoms with Crippen LogP contribution in [0.4, 0.5) is 18.9 Å². The number of nitrogens with zero attached hydrogens (tertiary/aromatic N) is 2. The summed E-state index contributed by atoms with van der Waals surface area (Å²) in [5.74, 6) is -1.51. The Kier molecular flexibility index (Phi) is 6.25. The van der Waals surface area contributed by atoms with Crippen LogP contribution in [-0.2, 0) is 20.9 Å². The van der Waals surface area contributed by atoms with Gasteiger partial charge in [0.25, 0.3) is 5.91 Å². The molecule has 0 radical (unpaired) electrons. The summed E-state index contributed by atoms with van der Waals surface area (Å²) in [5.41, 5.74) is -1.24. The Morgan fingerprint density at radius 1 is 1.16 bits per heavy atom. The number of ether oxygens (including phenoxy) is 1. The number of anilines is 1. The molecule has 0 saturated carbocycles. The van der Waals surface area contributed by atoms with E-state index in [1.165, 1.54) is 19.4 Å². The number of esters is 1. The lowest BCUT2D eigenvalue weighted by Crippen LogP contribution is -2.37. The van der Waals surface area contributed by atoms with Gasteiger partial charge >= 0.3 is 12.1 Å². The molecule has 0 aliphatic carbocycles. The molecular weight excluding hydrogens is 473 g/mol. The SMILES string of the molecule is COC(=O)c1cn(C(=O)CN(c2ccc(Cl)c(C(F)(F)F)c2)S(C)(=O)=O)c2ccccc12. The molecule has 0 N–H and O–H groups in total. The summed E-state index contributed by atoms with van der Waals surface area (Å²) in [5, 5.41) is -0.218. The van der Waals surface area contributed by atoms with Gasteiger partial charge in [0.2, 0.25) is 10.0 Å². The molecule has 3 rings (SSSR count). The first-order valence-electron chi connectivity index (χ1n) is 8.90. The van der Waals surface area contributed by atoms with Gasteiger partial charge in [-0.05, 0) is 24.3 Å². The zero-order chi connectivity index (χ0) is 23.8. The third-order valence-corrected chi connectivity index (χ3v) is 6.08. The Morgan fingerprint density at radius 2 is 1.81 bits per heavy atom. The number of methoxy groups -OCH3 is 1.